The number of aliphatic hydroxyl groups excluding tert-OH is 2. The van der Waals surface area contributed by atoms with Crippen molar-refractivity contribution in [2.45, 2.75) is 82.2 Å². The number of aliphatic carboxylic acids is 1. The molecule has 6 nitrogen and oxygen atoms in total. The van der Waals surface area contributed by atoms with Crippen molar-refractivity contribution in [3.63, 3.8) is 0 Å². The second-order valence-corrected chi connectivity index (χ2v) is 9.77. The van der Waals surface area contributed by atoms with E-state index in [9.17, 15) is 24.9 Å². The molecule has 1 aromatic carbocycles. The second kappa shape index (κ2) is 13.7. The molecule has 0 heterocycles. The van der Waals surface area contributed by atoms with Crippen LogP contribution in [0.25, 0.3) is 5.57 Å². The summed E-state index contributed by atoms with van der Waals surface area (Å²) in [5.41, 5.74) is 1.78. The SMILES string of the molecule is CCCCCC(O)CS[C@H]1C(O)CC(=O)[C@@H]1CC(=CCCCC(=O)O)c1ccc(O)cc1. The van der Waals surface area contributed by atoms with Crippen molar-refractivity contribution in [3.05, 3.63) is 35.9 Å². The summed E-state index contributed by atoms with van der Waals surface area (Å²) in [6.07, 6.45) is 6.37. The molecule has 4 N–H and O–H groups in total. The molecule has 1 saturated carbocycles. The molecule has 1 fully saturated rings. The van der Waals surface area contributed by atoms with Gasteiger partial charge in [-0.25, -0.2) is 0 Å². The van der Waals surface area contributed by atoms with E-state index in [0.717, 1.165) is 36.8 Å². The number of carboxylic acid groups (broad SMARTS) is 1. The number of allylic oxidation sites excluding steroid dienone is 2. The number of phenols is 1. The fourth-order valence-corrected chi connectivity index (χ4v) is 5.49. The van der Waals surface area contributed by atoms with E-state index in [1.54, 1.807) is 24.3 Å². The molecule has 0 aromatic heterocycles. The lowest BCUT2D eigenvalue weighted by molar-refractivity contribution is -0.137. The predicted molar refractivity (Wildman–Crippen MR) is 128 cm³/mol. The zero-order valence-electron chi connectivity index (χ0n) is 18.8. The van der Waals surface area contributed by atoms with Crippen LogP contribution in [0.2, 0.25) is 0 Å². The third-order valence-corrected chi connectivity index (χ3v) is 7.49. The fourth-order valence-electron chi connectivity index (χ4n) is 4.08. The van der Waals surface area contributed by atoms with Gasteiger partial charge in [0.05, 0.1) is 12.2 Å². The lowest BCUT2D eigenvalue weighted by Gasteiger charge is -2.23. The van der Waals surface area contributed by atoms with Crippen LogP contribution in [-0.4, -0.2) is 55.4 Å². The molecule has 7 heteroatoms. The van der Waals surface area contributed by atoms with Gasteiger partial charge in [0.15, 0.2) is 0 Å². The van der Waals surface area contributed by atoms with Crippen molar-refractivity contribution < 1.29 is 30.0 Å². The number of unbranched alkanes of at least 4 members (excludes halogenated alkanes) is 3. The van der Waals surface area contributed by atoms with Crippen LogP contribution in [0.1, 0.15) is 70.3 Å². The van der Waals surface area contributed by atoms with E-state index in [0.29, 0.717) is 25.0 Å². The number of rotatable bonds is 14. The van der Waals surface area contributed by atoms with Gasteiger partial charge < -0.3 is 20.4 Å². The van der Waals surface area contributed by atoms with E-state index in [1.807, 2.05) is 6.08 Å². The largest absolute Gasteiger partial charge is 0.508 e. The Hall–Kier alpha value is -1.83. The Balaban J connectivity index is 2.09. The molecule has 32 heavy (non-hydrogen) atoms. The van der Waals surface area contributed by atoms with Crippen molar-refractivity contribution in [3.8, 4) is 5.75 Å². The maximum absolute atomic E-state index is 12.7. The summed E-state index contributed by atoms with van der Waals surface area (Å²) in [4.78, 5) is 23.5. The van der Waals surface area contributed by atoms with Gasteiger partial charge in [0, 0.05) is 29.8 Å². The summed E-state index contributed by atoms with van der Waals surface area (Å²) >= 11 is 1.48. The molecular weight excluding hydrogens is 428 g/mol. The van der Waals surface area contributed by atoms with Gasteiger partial charge in [-0.1, -0.05) is 44.4 Å². The second-order valence-electron chi connectivity index (χ2n) is 8.56. The quantitative estimate of drug-likeness (QED) is 0.301. The van der Waals surface area contributed by atoms with Gasteiger partial charge in [-0.15, -0.1) is 0 Å². The normalized spacial score (nSPS) is 22.3. The Kier molecular flexibility index (Phi) is 11.3. The van der Waals surface area contributed by atoms with E-state index < -0.39 is 18.2 Å². The van der Waals surface area contributed by atoms with Crippen molar-refractivity contribution >= 4 is 29.1 Å². The third-order valence-electron chi connectivity index (χ3n) is 5.89. The van der Waals surface area contributed by atoms with Gasteiger partial charge in [-0.05, 0) is 49.0 Å². The molecule has 1 aliphatic rings. The molecule has 0 saturated heterocycles. The number of hydrogen-bond acceptors (Lipinski definition) is 6. The van der Waals surface area contributed by atoms with Crippen LogP contribution in [-0.2, 0) is 9.59 Å². The Labute approximate surface area is 194 Å². The fraction of sp³-hybridized carbons (Fsp3) is 0.600. The zero-order chi connectivity index (χ0) is 23.5. The van der Waals surface area contributed by atoms with E-state index in [1.165, 1.54) is 11.8 Å². The average molecular weight is 465 g/mol. The first-order chi connectivity index (χ1) is 15.3. The summed E-state index contributed by atoms with van der Waals surface area (Å²) in [6.45, 7) is 2.12. The molecule has 0 aliphatic heterocycles. The highest BCUT2D eigenvalue weighted by atomic mass is 32.2. The first-order valence-electron chi connectivity index (χ1n) is 11.5. The number of benzene rings is 1. The van der Waals surface area contributed by atoms with Crippen LogP contribution in [0.15, 0.2) is 30.3 Å². The van der Waals surface area contributed by atoms with Gasteiger partial charge in [-0.2, -0.15) is 11.8 Å². The number of carbonyl (C=O) groups excluding carboxylic acids is 1. The minimum atomic E-state index is -0.840. The van der Waals surface area contributed by atoms with Gasteiger partial charge in [0.25, 0.3) is 0 Å². The summed E-state index contributed by atoms with van der Waals surface area (Å²) in [6, 6.07) is 6.75. The standard InChI is InChI=1S/C25H36O6S/c1-2-3-4-8-20(27)16-32-25-21(22(28)15-23(25)29)14-18(7-5-6-9-24(30)31)17-10-12-19(26)13-11-17/h7,10-13,20-21,23,25-27,29H,2-6,8-9,14-16H2,1H3,(H,30,31)/t20?,21-,23?,25+/m0/s1. The van der Waals surface area contributed by atoms with Crippen LogP contribution >= 0.6 is 11.8 Å². The van der Waals surface area contributed by atoms with Crippen LogP contribution in [0.4, 0.5) is 0 Å². The maximum atomic E-state index is 12.7. The minimum absolute atomic E-state index is 0.0192. The molecule has 0 radical (unpaired) electrons. The number of thioether (sulfide) groups is 1. The molecule has 2 unspecified atom stereocenters. The number of carboxylic acids is 1. The summed E-state index contributed by atoms with van der Waals surface area (Å²) in [7, 11) is 0. The Morgan fingerprint density at radius 1 is 1.22 bits per heavy atom. The molecule has 4 atom stereocenters. The first-order valence-corrected chi connectivity index (χ1v) is 12.6. The lowest BCUT2D eigenvalue weighted by atomic mass is 9.91. The van der Waals surface area contributed by atoms with Gasteiger partial charge in [0.1, 0.15) is 11.5 Å². The Morgan fingerprint density at radius 3 is 2.59 bits per heavy atom. The molecule has 0 amide bonds. The van der Waals surface area contributed by atoms with Gasteiger partial charge in [-0.3, -0.25) is 9.59 Å². The number of ketones is 1. The molecule has 0 spiro atoms. The molecule has 0 bridgehead atoms. The first kappa shape index (κ1) is 26.4. The highest BCUT2D eigenvalue weighted by Gasteiger charge is 2.42. The summed E-state index contributed by atoms with van der Waals surface area (Å²) < 4.78 is 0. The number of carbonyl (C=O) groups is 2. The number of Topliss-reactive ketones (excluding diaryl/α,β-unsaturated/α-hetero) is 1. The number of hydrogen-bond donors (Lipinski definition) is 4. The van der Waals surface area contributed by atoms with Crippen LogP contribution in [0, 0.1) is 5.92 Å². The van der Waals surface area contributed by atoms with E-state index in [4.69, 9.17) is 5.11 Å². The van der Waals surface area contributed by atoms with Crippen molar-refractivity contribution in [1.29, 1.82) is 0 Å². The van der Waals surface area contributed by atoms with Crippen LogP contribution in [0.3, 0.4) is 0 Å². The minimum Gasteiger partial charge on any atom is -0.508 e. The maximum Gasteiger partial charge on any atom is 0.303 e. The van der Waals surface area contributed by atoms with E-state index >= 15 is 0 Å². The number of aromatic hydroxyl groups is 1. The van der Waals surface area contributed by atoms with Crippen molar-refractivity contribution in [1.82, 2.24) is 0 Å². The monoisotopic (exact) mass is 464 g/mol. The van der Waals surface area contributed by atoms with Crippen molar-refractivity contribution in [2.75, 3.05) is 5.75 Å². The smallest absolute Gasteiger partial charge is 0.303 e. The van der Waals surface area contributed by atoms with Crippen LogP contribution < -0.4 is 0 Å². The lowest BCUT2D eigenvalue weighted by Crippen LogP contribution is -2.26. The van der Waals surface area contributed by atoms with E-state index in [-0.39, 0.29) is 35.5 Å². The molecular formula is C25H36O6S. The van der Waals surface area contributed by atoms with Crippen molar-refractivity contribution in [2.24, 2.45) is 5.92 Å². The van der Waals surface area contributed by atoms with Gasteiger partial charge >= 0.3 is 5.97 Å². The summed E-state index contributed by atoms with van der Waals surface area (Å²) in [5, 5.41) is 39.0. The molecule has 2 rings (SSSR count). The topological polar surface area (TPSA) is 115 Å². The Morgan fingerprint density at radius 2 is 1.94 bits per heavy atom. The van der Waals surface area contributed by atoms with Crippen LogP contribution in [0.5, 0.6) is 5.75 Å². The zero-order valence-corrected chi connectivity index (χ0v) is 19.6. The third kappa shape index (κ3) is 8.60. The highest BCUT2D eigenvalue weighted by molar-refractivity contribution is 8.00. The predicted octanol–water partition coefficient (Wildman–Crippen LogP) is 4.41. The number of phenolic OH excluding ortho intramolecular Hbond substituents is 1. The average Bonchev–Trinajstić information content (AvgIpc) is 3.01. The highest BCUT2D eigenvalue weighted by Crippen LogP contribution is 2.39. The molecule has 1 aliphatic carbocycles. The Bertz CT molecular complexity index is 760. The molecule has 178 valence electrons. The van der Waals surface area contributed by atoms with E-state index in [2.05, 4.69) is 6.92 Å². The number of aliphatic hydroxyl groups is 2. The van der Waals surface area contributed by atoms with Gasteiger partial charge in [0.2, 0.25) is 0 Å². The summed E-state index contributed by atoms with van der Waals surface area (Å²) in [5.74, 6) is -0.543. The molecule has 1 aromatic rings.